The highest BCUT2D eigenvalue weighted by Gasteiger charge is 2.41. The summed E-state index contributed by atoms with van der Waals surface area (Å²) < 4.78 is 5.08. The Morgan fingerprint density at radius 1 is 1.41 bits per heavy atom. The first-order valence-electron chi connectivity index (χ1n) is 5.76. The van der Waals surface area contributed by atoms with E-state index in [4.69, 9.17) is 4.74 Å². The summed E-state index contributed by atoms with van der Waals surface area (Å²) in [4.78, 5) is 22.9. The topological polar surface area (TPSA) is 43.4 Å². The lowest BCUT2D eigenvalue weighted by atomic mass is 9.82. The smallest absolute Gasteiger partial charge is 0.308 e. The average Bonchev–Trinajstić information content (AvgIpc) is 2.45. The SMILES string of the molecule is CC(=O)OC1=CC(C)=C2CCC(=O)C2(C)C=C1. The Hall–Kier alpha value is -1.64. The van der Waals surface area contributed by atoms with Crippen LogP contribution >= 0.6 is 0 Å². The molecule has 0 aromatic carbocycles. The van der Waals surface area contributed by atoms with Crippen LogP contribution in [0.4, 0.5) is 0 Å². The minimum absolute atomic E-state index is 0.237. The van der Waals surface area contributed by atoms with Gasteiger partial charge in [0.15, 0.2) is 0 Å². The van der Waals surface area contributed by atoms with Gasteiger partial charge < -0.3 is 4.74 Å². The molecule has 1 atom stereocenters. The van der Waals surface area contributed by atoms with Gasteiger partial charge in [-0.05, 0) is 43.6 Å². The summed E-state index contributed by atoms with van der Waals surface area (Å²) in [6.45, 7) is 5.26. The van der Waals surface area contributed by atoms with Crippen LogP contribution in [0, 0.1) is 5.41 Å². The monoisotopic (exact) mass is 232 g/mol. The van der Waals surface area contributed by atoms with E-state index in [1.54, 1.807) is 6.08 Å². The fourth-order valence-corrected chi connectivity index (χ4v) is 2.55. The molecular weight excluding hydrogens is 216 g/mol. The predicted octanol–water partition coefficient (Wildman–Crippen LogP) is 2.69. The van der Waals surface area contributed by atoms with E-state index in [-0.39, 0.29) is 11.8 Å². The molecule has 0 aromatic rings. The molecule has 0 amide bonds. The highest BCUT2D eigenvalue weighted by molar-refractivity contribution is 5.93. The summed E-state index contributed by atoms with van der Waals surface area (Å²) >= 11 is 0. The van der Waals surface area contributed by atoms with Crippen molar-refractivity contribution in [2.75, 3.05) is 0 Å². The first kappa shape index (κ1) is 11.8. The van der Waals surface area contributed by atoms with Crippen molar-refractivity contribution in [3.63, 3.8) is 0 Å². The second-order valence-corrected chi connectivity index (χ2v) is 4.76. The maximum atomic E-state index is 11.9. The van der Waals surface area contributed by atoms with Crippen LogP contribution < -0.4 is 0 Å². The maximum absolute atomic E-state index is 11.9. The number of hydrogen-bond acceptors (Lipinski definition) is 3. The van der Waals surface area contributed by atoms with Gasteiger partial charge in [-0.15, -0.1) is 0 Å². The summed E-state index contributed by atoms with van der Waals surface area (Å²) in [5, 5.41) is 0. The first-order chi connectivity index (χ1) is 7.93. The third-order valence-electron chi connectivity index (χ3n) is 3.49. The van der Waals surface area contributed by atoms with Crippen molar-refractivity contribution in [1.82, 2.24) is 0 Å². The Kier molecular flexibility index (Phi) is 2.77. The van der Waals surface area contributed by atoms with Crippen LogP contribution in [-0.2, 0) is 14.3 Å². The van der Waals surface area contributed by atoms with Crippen molar-refractivity contribution in [3.8, 4) is 0 Å². The maximum Gasteiger partial charge on any atom is 0.308 e. The van der Waals surface area contributed by atoms with E-state index in [1.807, 2.05) is 26.0 Å². The largest absolute Gasteiger partial charge is 0.427 e. The quantitative estimate of drug-likeness (QED) is 0.653. The minimum Gasteiger partial charge on any atom is -0.427 e. The van der Waals surface area contributed by atoms with Gasteiger partial charge in [0.1, 0.15) is 11.5 Å². The summed E-state index contributed by atoms with van der Waals surface area (Å²) in [6.07, 6.45) is 6.81. The Balaban J connectivity index is 2.44. The number of fused-ring (bicyclic) bond motifs is 1. The second-order valence-electron chi connectivity index (χ2n) is 4.76. The molecule has 1 unspecified atom stereocenters. The van der Waals surface area contributed by atoms with Gasteiger partial charge in [-0.2, -0.15) is 0 Å². The van der Waals surface area contributed by atoms with E-state index in [9.17, 15) is 9.59 Å². The van der Waals surface area contributed by atoms with Gasteiger partial charge in [0.2, 0.25) is 0 Å². The molecule has 1 saturated carbocycles. The van der Waals surface area contributed by atoms with Crippen LogP contribution in [0.3, 0.4) is 0 Å². The van der Waals surface area contributed by atoms with E-state index < -0.39 is 5.41 Å². The Labute approximate surface area is 101 Å². The Morgan fingerprint density at radius 3 is 2.76 bits per heavy atom. The number of esters is 1. The van der Waals surface area contributed by atoms with Crippen molar-refractivity contribution in [3.05, 3.63) is 35.1 Å². The molecule has 0 bridgehead atoms. The zero-order chi connectivity index (χ0) is 12.6. The standard InChI is InChI=1S/C14H16O3/c1-9-8-11(17-10(2)15)6-7-14(3)12(9)4-5-13(14)16/h6-8H,4-5H2,1-3H3. The van der Waals surface area contributed by atoms with Crippen LogP contribution in [0.1, 0.15) is 33.6 Å². The number of hydrogen-bond donors (Lipinski definition) is 0. The van der Waals surface area contributed by atoms with Crippen LogP contribution in [0.15, 0.2) is 35.1 Å². The normalized spacial score (nSPS) is 27.7. The molecule has 0 spiro atoms. The molecule has 2 aliphatic carbocycles. The van der Waals surface area contributed by atoms with E-state index >= 15 is 0 Å². The lowest BCUT2D eigenvalue weighted by Crippen LogP contribution is -2.20. The summed E-state index contributed by atoms with van der Waals surface area (Å²) in [7, 11) is 0. The molecule has 0 aliphatic heterocycles. The highest BCUT2D eigenvalue weighted by atomic mass is 16.5. The van der Waals surface area contributed by atoms with Gasteiger partial charge in [-0.3, -0.25) is 9.59 Å². The fourth-order valence-electron chi connectivity index (χ4n) is 2.55. The molecule has 0 saturated heterocycles. The van der Waals surface area contributed by atoms with Gasteiger partial charge in [-0.1, -0.05) is 6.08 Å². The van der Waals surface area contributed by atoms with Crippen molar-refractivity contribution in [2.45, 2.75) is 33.6 Å². The molecule has 90 valence electrons. The van der Waals surface area contributed by atoms with Crippen molar-refractivity contribution >= 4 is 11.8 Å². The third kappa shape index (κ3) is 1.97. The minimum atomic E-state index is -0.511. The van der Waals surface area contributed by atoms with Crippen molar-refractivity contribution in [1.29, 1.82) is 0 Å². The Morgan fingerprint density at radius 2 is 2.12 bits per heavy atom. The van der Waals surface area contributed by atoms with E-state index in [2.05, 4.69) is 0 Å². The molecule has 0 radical (unpaired) electrons. The van der Waals surface area contributed by atoms with Crippen molar-refractivity contribution < 1.29 is 14.3 Å². The molecule has 0 aromatic heterocycles. The number of ketones is 1. The zero-order valence-corrected chi connectivity index (χ0v) is 10.4. The molecular formula is C14H16O3. The third-order valence-corrected chi connectivity index (χ3v) is 3.49. The molecule has 3 nitrogen and oxygen atoms in total. The fraction of sp³-hybridized carbons (Fsp3) is 0.429. The Bertz CT molecular complexity index is 480. The number of ether oxygens (including phenoxy) is 1. The molecule has 2 rings (SSSR count). The van der Waals surface area contributed by atoms with E-state index in [0.29, 0.717) is 12.2 Å². The van der Waals surface area contributed by atoms with Crippen LogP contribution in [0.2, 0.25) is 0 Å². The molecule has 0 heterocycles. The highest BCUT2D eigenvalue weighted by Crippen LogP contribution is 2.44. The second kappa shape index (κ2) is 3.99. The molecule has 2 aliphatic rings. The molecule has 17 heavy (non-hydrogen) atoms. The predicted molar refractivity (Wildman–Crippen MR) is 64.0 cm³/mol. The average molecular weight is 232 g/mol. The summed E-state index contributed by atoms with van der Waals surface area (Å²) in [5.74, 6) is 0.397. The number of carbonyl (C=O) groups excluding carboxylic acids is 2. The first-order valence-corrected chi connectivity index (χ1v) is 5.76. The van der Waals surface area contributed by atoms with Gasteiger partial charge in [-0.25, -0.2) is 0 Å². The molecule has 1 fully saturated rings. The van der Waals surface area contributed by atoms with Crippen LogP contribution in [0.5, 0.6) is 0 Å². The van der Waals surface area contributed by atoms with Gasteiger partial charge >= 0.3 is 5.97 Å². The van der Waals surface area contributed by atoms with Gasteiger partial charge in [0.25, 0.3) is 0 Å². The van der Waals surface area contributed by atoms with Gasteiger partial charge in [0, 0.05) is 13.3 Å². The summed E-state index contributed by atoms with van der Waals surface area (Å²) in [6, 6.07) is 0. The zero-order valence-electron chi connectivity index (χ0n) is 10.4. The molecule has 3 heteroatoms. The summed E-state index contributed by atoms with van der Waals surface area (Å²) in [5.41, 5.74) is 1.66. The van der Waals surface area contributed by atoms with Crippen LogP contribution in [-0.4, -0.2) is 11.8 Å². The lowest BCUT2D eigenvalue weighted by Gasteiger charge is -2.20. The number of allylic oxidation sites excluding steroid dienone is 5. The number of rotatable bonds is 1. The van der Waals surface area contributed by atoms with E-state index in [0.717, 1.165) is 17.6 Å². The lowest BCUT2D eigenvalue weighted by molar-refractivity contribution is -0.136. The number of carbonyl (C=O) groups is 2. The van der Waals surface area contributed by atoms with Crippen LogP contribution in [0.25, 0.3) is 0 Å². The molecule has 0 N–H and O–H groups in total. The number of Topliss-reactive ketones (excluding diaryl/α,β-unsaturated/α-hetero) is 1. The van der Waals surface area contributed by atoms with Gasteiger partial charge in [0.05, 0.1) is 5.41 Å². The van der Waals surface area contributed by atoms with Crippen molar-refractivity contribution in [2.24, 2.45) is 5.41 Å². The van der Waals surface area contributed by atoms with E-state index in [1.165, 1.54) is 6.92 Å².